The van der Waals surface area contributed by atoms with E-state index in [-0.39, 0.29) is 5.41 Å². The van der Waals surface area contributed by atoms with Crippen molar-refractivity contribution in [3.05, 3.63) is 23.8 Å². The zero-order valence-corrected chi connectivity index (χ0v) is 17.2. The summed E-state index contributed by atoms with van der Waals surface area (Å²) in [5, 5.41) is 6.95. The zero-order valence-electron chi connectivity index (χ0n) is 17.2. The fraction of sp³-hybridized carbons (Fsp3) is 0.667. The molecule has 6 nitrogen and oxygen atoms in total. The molecule has 1 aromatic rings. The first kappa shape index (κ1) is 19.8. The number of benzene rings is 1. The molecular weight excluding hydrogens is 342 g/mol. The summed E-state index contributed by atoms with van der Waals surface area (Å²) in [4.78, 5) is 4.87. The molecule has 0 amide bonds. The van der Waals surface area contributed by atoms with E-state index in [0.29, 0.717) is 24.8 Å². The number of nitrogens with one attached hydrogen (secondary N) is 2. The van der Waals surface area contributed by atoms with Crippen LogP contribution in [0.1, 0.15) is 45.6 Å². The van der Waals surface area contributed by atoms with Crippen molar-refractivity contribution >= 4 is 5.96 Å². The number of hydrogen-bond donors (Lipinski definition) is 2. The molecule has 2 heterocycles. The van der Waals surface area contributed by atoms with Gasteiger partial charge in [-0.25, -0.2) is 0 Å². The van der Waals surface area contributed by atoms with E-state index in [1.54, 1.807) is 14.2 Å². The lowest BCUT2D eigenvalue weighted by Crippen LogP contribution is -2.47. The summed E-state index contributed by atoms with van der Waals surface area (Å²) in [6.07, 6.45) is 4.19. The van der Waals surface area contributed by atoms with E-state index in [1.807, 2.05) is 12.1 Å². The summed E-state index contributed by atoms with van der Waals surface area (Å²) in [5.41, 5.74) is 1.04. The van der Waals surface area contributed by atoms with E-state index >= 15 is 0 Å². The first-order valence-electron chi connectivity index (χ1n) is 9.89. The summed E-state index contributed by atoms with van der Waals surface area (Å²) in [5.74, 6) is 2.36. The highest BCUT2D eigenvalue weighted by Crippen LogP contribution is 2.35. The van der Waals surface area contributed by atoms with Crippen molar-refractivity contribution in [1.29, 1.82) is 0 Å². The van der Waals surface area contributed by atoms with Crippen LogP contribution in [0.5, 0.6) is 11.5 Å². The lowest BCUT2D eigenvalue weighted by atomic mass is 9.84. The second kappa shape index (κ2) is 8.38. The van der Waals surface area contributed by atoms with E-state index < -0.39 is 0 Å². The van der Waals surface area contributed by atoms with Crippen LogP contribution in [0.15, 0.2) is 23.2 Å². The lowest BCUT2D eigenvalue weighted by Gasteiger charge is -2.26. The average Bonchev–Trinajstić information content (AvgIpc) is 3.29. The molecule has 27 heavy (non-hydrogen) atoms. The first-order chi connectivity index (χ1) is 13.0. The van der Waals surface area contributed by atoms with E-state index in [9.17, 15) is 0 Å². The summed E-state index contributed by atoms with van der Waals surface area (Å²) < 4.78 is 16.8. The highest BCUT2D eigenvalue weighted by Gasteiger charge is 2.41. The third kappa shape index (κ3) is 4.49. The summed E-state index contributed by atoms with van der Waals surface area (Å²) in [6, 6.07) is 6.44. The SMILES string of the molecule is CCNC(=NCC(C)(C)c1ccc(OC)c(OC)c1)NC1CC2CCC1O2. The Morgan fingerprint density at radius 2 is 2.00 bits per heavy atom. The van der Waals surface area contributed by atoms with E-state index in [2.05, 4.69) is 37.5 Å². The van der Waals surface area contributed by atoms with Gasteiger partial charge in [0.05, 0.1) is 39.0 Å². The van der Waals surface area contributed by atoms with Crippen LogP contribution in [-0.2, 0) is 10.2 Å². The normalized spacial score (nSPS) is 24.8. The average molecular weight is 376 g/mol. The third-order valence-electron chi connectivity index (χ3n) is 5.57. The number of guanidine groups is 1. The molecule has 0 aromatic heterocycles. The molecule has 2 aliphatic rings. The topological polar surface area (TPSA) is 64.1 Å². The van der Waals surface area contributed by atoms with Crippen molar-refractivity contribution in [2.75, 3.05) is 27.3 Å². The smallest absolute Gasteiger partial charge is 0.191 e. The largest absolute Gasteiger partial charge is 0.493 e. The molecule has 0 aliphatic carbocycles. The number of methoxy groups -OCH3 is 2. The maximum atomic E-state index is 5.95. The summed E-state index contributed by atoms with van der Waals surface area (Å²) >= 11 is 0. The Labute approximate surface area is 162 Å². The van der Waals surface area contributed by atoms with Gasteiger partial charge in [0.15, 0.2) is 17.5 Å². The van der Waals surface area contributed by atoms with Crippen molar-refractivity contribution < 1.29 is 14.2 Å². The van der Waals surface area contributed by atoms with Crippen LogP contribution >= 0.6 is 0 Å². The van der Waals surface area contributed by atoms with Crippen molar-refractivity contribution in [2.24, 2.45) is 4.99 Å². The van der Waals surface area contributed by atoms with Gasteiger partial charge in [-0.3, -0.25) is 4.99 Å². The van der Waals surface area contributed by atoms with Gasteiger partial charge in [0.1, 0.15) is 0 Å². The van der Waals surface area contributed by atoms with Crippen molar-refractivity contribution in [2.45, 2.75) is 63.7 Å². The van der Waals surface area contributed by atoms with Crippen molar-refractivity contribution in [3.63, 3.8) is 0 Å². The molecule has 1 aromatic carbocycles. The van der Waals surface area contributed by atoms with E-state index in [1.165, 1.54) is 12.0 Å². The van der Waals surface area contributed by atoms with Crippen LogP contribution in [0.4, 0.5) is 0 Å². The molecule has 150 valence electrons. The molecular formula is C21H33N3O3. The number of aliphatic imine (C=N–C) groups is 1. The van der Waals surface area contributed by atoms with E-state index in [4.69, 9.17) is 19.2 Å². The lowest BCUT2D eigenvalue weighted by molar-refractivity contribution is 0.0992. The molecule has 2 aliphatic heterocycles. The van der Waals surface area contributed by atoms with Crippen molar-refractivity contribution in [3.8, 4) is 11.5 Å². The maximum Gasteiger partial charge on any atom is 0.191 e. The van der Waals surface area contributed by atoms with Gasteiger partial charge < -0.3 is 24.8 Å². The second-order valence-corrected chi connectivity index (χ2v) is 8.01. The Morgan fingerprint density at radius 1 is 1.22 bits per heavy atom. The molecule has 0 spiro atoms. The minimum atomic E-state index is -0.132. The Morgan fingerprint density at radius 3 is 2.59 bits per heavy atom. The van der Waals surface area contributed by atoms with Gasteiger partial charge in [-0.15, -0.1) is 0 Å². The number of rotatable bonds is 7. The standard InChI is InChI=1S/C21H33N3O3/c1-6-22-20(24-16-12-15-8-10-17(16)27-15)23-13-21(2,3)14-7-9-18(25-4)19(11-14)26-5/h7,9,11,15-17H,6,8,10,12-13H2,1-5H3,(H2,22,23,24). The monoisotopic (exact) mass is 375 g/mol. The van der Waals surface area contributed by atoms with Gasteiger partial charge in [0, 0.05) is 12.0 Å². The highest BCUT2D eigenvalue weighted by atomic mass is 16.5. The van der Waals surface area contributed by atoms with Crippen LogP contribution < -0.4 is 20.1 Å². The number of fused-ring (bicyclic) bond motifs is 2. The predicted molar refractivity (Wildman–Crippen MR) is 108 cm³/mol. The van der Waals surface area contributed by atoms with Crippen LogP contribution in [0, 0.1) is 0 Å². The molecule has 2 bridgehead atoms. The molecule has 0 saturated carbocycles. The number of nitrogens with zero attached hydrogens (tertiary/aromatic N) is 1. The van der Waals surface area contributed by atoms with Crippen LogP contribution in [-0.4, -0.2) is 51.5 Å². The highest BCUT2D eigenvalue weighted by molar-refractivity contribution is 5.80. The molecule has 3 atom stereocenters. The zero-order chi connectivity index (χ0) is 19.4. The quantitative estimate of drug-likeness (QED) is 0.567. The minimum absolute atomic E-state index is 0.132. The van der Waals surface area contributed by atoms with Gasteiger partial charge in [0.2, 0.25) is 0 Å². The van der Waals surface area contributed by atoms with Crippen LogP contribution in [0.2, 0.25) is 0 Å². The van der Waals surface area contributed by atoms with Crippen LogP contribution in [0.25, 0.3) is 0 Å². The number of hydrogen-bond acceptors (Lipinski definition) is 4. The Kier molecular flexibility index (Phi) is 6.15. The third-order valence-corrected chi connectivity index (χ3v) is 5.57. The van der Waals surface area contributed by atoms with Gasteiger partial charge in [-0.2, -0.15) is 0 Å². The maximum absolute atomic E-state index is 5.95. The van der Waals surface area contributed by atoms with Gasteiger partial charge in [-0.05, 0) is 43.9 Å². The van der Waals surface area contributed by atoms with Crippen LogP contribution in [0.3, 0.4) is 0 Å². The first-order valence-corrected chi connectivity index (χ1v) is 9.89. The Bertz CT molecular complexity index is 675. The Hall–Kier alpha value is -1.95. The Balaban J connectivity index is 1.70. The molecule has 2 fully saturated rings. The fourth-order valence-electron chi connectivity index (χ4n) is 3.91. The van der Waals surface area contributed by atoms with Gasteiger partial charge in [0.25, 0.3) is 0 Å². The summed E-state index contributed by atoms with van der Waals surface area (Å²) in [6.45, 7) is 7.99. The molecule has 3 unspecified atom stereocenters. The summed E-state index contributed by atoms with van der Waals surface area (Å²) in [7, 11) is 3.32. The number of ether oxygens (including phenoxy) is 3. The van der Waals surface area contributed by atoms with Gasteiger partial charge >= 0.3 is 0 Å². The van der Waals surface area contributed by atoms with E-state index in [0.717, 1.165) is 36.8 Å². The second-order valence-electron chi connectivity index (χ2n) is 8.01. The molecule has 0 radical (unpaired) electrons. The predicted octanol–water partition coefficient (Wildman–Crippen LogP) is 2.86. The minimum Gasteiger partial charge on any atom is -0.493 e. The molecule has 6 heteroatoms. The fourth-order valence-corrected chi connectivity index (χ4v) is 3.91. The van der Waals surface area contributed by atoms with Crippen molar-refractivity contribution in [1.82, 2.24) is 10.6 Å². The molecule has 3 rings (SSSR count). The van der Waals surface area contributed by atoms with Gasteiger partial charge in [-0.1, -0.05) is 19.9 Å². The molecule has 2 saturated heterocycles. The molecule has 2 N–H and O–H groups in total.